The molecular weight excluding hydrogens is 224 g/mol. The second-order valence-electron chi connectivity index (χ2n) is 4.06. The summed E-state index contributed by atoms with van der Waals surface area (Å²) in [6, 6.07) is 10.3. The van der Waals surface area contributed by atoms with Crippen molar-refractivity contribution in [2.45, 2.75) is 6.54 Å². The summed E-state index contributed by atoms with van der Waals surface area (Å²) in [6.07, 6.45) is 9.45. The SMILES string of the molecule is c1ccc(-n2ccnc2)c(NCc2cc[nH]c2)c1. The molecule has 0 fully saturated rings. The molecule has 0 aliphatic carbocycles. The molecule has 4 heteroatoms. The van der Waals surface area contributed by atoms with Crippen LogP contribution >= 0.6 is 0 Å². The van der Waals surface area contributed by atoms with Gasteiger partial charge in [0.2, 0.25) is 0 Å². The van der Waals surface area contributed by atoms with Crippen molar-refractivity contribution in [2.75, 3.05) is 5.32 Å². The highest BCUT2D eigenvalue weighted by Gasteiger charge is 2.03. The molecule has 0 saturated heterocycles. The molecule has 0 unspecified atom stereocenters. The van der Waals surface area contributed by atoms with Crippen LogP contribution < -0.4 is 5.32 Å². The lowest BCUT2D eigenvalue weighted by atomic mass is 10.2. The predicted molar refractivity (Wildman–Crippen MR) is 71.7 cm³/mol. The average Bonchev–Trinajstić information content (AvgIpc) is 3.10. The molecule has 0 spiro atoms. The Bertz CT molecular complexity index is 597. The maximum atomic E-state index is 4.08. The van der Waals surface area contributed by atoms with Crippen LogP contribution in [0.15, 0.2) is 61.4 Å². The van der Waals surface area contributed by atoms with Gasteiger partial charge in [-0.05, 0) is 23.8 Å². The zero-order chi connectivity index (χ0) is 12.2. The number of hydrogen-bond donors (Lipinski definition) is 2. The number of nitrogens with zero attached hydrogens (tertiary/aromatic N) is 2. The van der Waals surface area contributed by atoms with Gasteiger partial charge in [0.1, 0.15) is 0 Å². The van der Waals surface area contributed by atoms with Gasteiger partial charge in [-0.1, -0.05) is 12.1 Å². The fraction of sp³-hybridized carbons (Fsp3) is 0.0714. The summed E-state index contributed by atoms with van der Waals surface area (Å²) < 4.78 is 2.00. The normalized spacial score (nSPS) is 10.4. The van der Waals surface area contributed by atoms with Gasteiger partial charge in [-0.3, -0.25) is 0 Å². The molecule has 0 aliphatic rings. The van der Waals surface area contributed by atoms with Crippen LogP contribution in [0.5, 0.6) is 0 Å². The van der Waals surface area contributed by atoms with E-state index in [0.717, 1.165) is 17.9 Å². The van der Waals surface area contributed by atoms with E-state index in [9.17, 15) is 0 Å². The molecule has 3 aromatic rings. The van der Waals surface area contributed by atoms with Crippen molar-refractivity contribution >= 4 is 5.69 Å². The number of imidazole rings is 1. The number of H-pyrrole nitrogens is 1. The van der Waals surface area contributed by atoms with Crippen molar-refractivity contribution in [2.24, 2.45) is 0 Å². The number of rotatable bonds is 4. The van der Waals surface area contributed by atoms with E-state index in [1.807, 2.05) is 35.3 Å². The summed E-state index contributed by atoms with van der Waals surface area (Å²) in [6.45, 7) is 0.801. The Balaban J connectivity index is 1.84. The van der Waals surface area contributed by atoms with Gasteiger partial charge in [0.15, 0.2) is 0 Å². The molecule has 4 nitrogen and oxygen atoms in total. The highest BCUT2D eigenvalue weighted by atomic mass is 15.1. The van der Waals surface area contributed by atoms with Crippen molar-refractivity contribution in [3.8, 4) is 5.69 Å². The molecule has 0 bridgehead atoms. The molecule has 18 heavy (non-hydrogen) atoms. The Morgan fingerprint density at radius 2 is 2.17 bits per heavy atom. The standard InChI is InChI=1S/C14H14N4/c1-2-4-14(18-8-7-16-11-18)13(3-1)17-10-12-5-6-15-9-12/h1-9,11,15,17H,10H2. The van der Waals surface area contributed by atoms with E-state index in [-0.39, 0.29) is 0 Å². The molecular formula is C14H14N4. The molecule has 0 radical (unpaired) electrons. The van der Waals surface area contributed by atoms with Crippen molar-refractivity contribution in [3.05, 3.63) is 67.0 Å². The first kappa shape index (κ1) is 10.7. The smallest absolute Gasteiger partial charge is 0.0992 e. The van der Waals surface area contributed by atoms with Crippen molar-refractivity contribution in [1.82, 2.24) is 14.5 Å². The summed E-state index contributed by atoms with van der Waals surface area (Å²) in [4.78, 5) is 7.13. The van der Waals surface area contributed by atoms with E-state index in [1.165, 1.54) is 5.56 Å². The summed E-state index contributed by atoms with van der Waals surface area (Å²) in [5.41, 5.74) is 3.43. The van der Waals surface area contributed by atoms with Crippen LogP contribution in [0.25, 0.3) is 5.69 Å². The van der Waals surface area contributed by atoms with Crippen LogP contribution in [-0.2, 0) is 6.54 Å². The first-order valence-electron chi connectivity index (χ1n) is 5.86. The molecule has 2 heterocycles. The molecule has 0 atom stereocenters. The van der Waals surface area contributed by atoms with Crippen molar-refractivity contribution in [1.29, 1.82) is 0 Å². The van der Waals surface area contributed by atoms with Gasteiger partial charge in [-0.25, -0.2) is 4.98 Å². The molecule has 2 aromatic heterocycles. The summed E-state index contributed by atoms with van der Waals surface area (Å²) in [5.74, 6) is 0. The van der Waals surface area contributed by atoms with Gasteiger partial charge < -0.3 is 14.9 Å². The van der Waals surface area contributed by atoms with E-state index >= 15 is 0 Å². The van der Waals surface area contributed by atoms with Gasteiger partial charge in [0, 0.05) is 31.3 Å². The maximum absolute atomic E-state index is 4.08. The molecule has 2 N–H and O–H groups in total. The molecule has 0 amide bonds. The summed E-state index contributed by atoms with van der Waals surface area (Å²) >= 11 is 0. The van der Waals surface area contributed by atoms with E-state index in [0.29, 0.717) is 0 Å². The molecule has 0 saturated carbocycles. The lowest BCUT2D eigenvalue weighted by molar-refractivity contribution is 1.04. The fourth-order valence-corrected chi connectivity index (χ4v) is 1.92. The minimum Gasteiger partial charge on any atom is -0.379 e. The summed E-state index contributed by atoms with van der Waals surface area (Å²) in [7, 11) is 0. The fourth-order valence-electron chi connectivity index (χ4n) is 1.92. The zero-order valence-corrected chi connectivity index (χ0v) is 9.88. The van der Waals surface area contributed by atoms with Gasteiger partial charge >= 0.3 is 0 Å². The number of nitrogens with one attached hydrogen (secondary N) is 2. The van der Waals surface area contributed by atoms with E-state index < -0.39 is 0 Å². The third-order valence-electron chi connectivity index (χ3n) is 2.83. The van der Waals surface area contributed by atoms with Crippen LogP contribution in [0.4, 0.5) is 5.69 Å². The Morgan fingerprint density at radius 1 is 1.22 bits per heavy atom. The predicted octanol–water partition coefficient (Wildman–Crippen LogP) is 2.81. The Labute approximate surface area is 105 Å². The van der Waals surface area contributed by atoms with E-state index in [1.54, 1.807) is 12.5 Å². The molecule has 0 aliphatic heterocycles. The monoisotopic (exact) mass is 238 g/mol. The number of aromatic amines is 1. The minimum atomic E-state index is 0.801. The van der Waals surface area contributed by atoms with Crippen LogP contribution in [0.1, 0.15) is 5.56 Å². The Morgan fingerprint density at radius 3 is 2.94 bits per heavy atom. The topological polar surface area (TPSA) is 45.6 Å². The summed E-state index contributed by atoms with van der Waals surface area (Å²) in [5, 5.41) is 3.44. The third kappa shape index (κ3) is 2.13. The number of hydrogen-bond acceptors (Lipinski definition) is 2. The molecule has 3 rings (SSSR count). The largest absolute Gasteiger partial charge is 0.379 e. The number of benzene rings is 1. The average molecular weight is 238 g/mol. The minimum absolute atomic E-state index is 0.801. The second kappa shape index (κ2) is 4.79. The van der Waals surface area contributed by atoms with Crippen molar-refractivity contribution < 1.29 is 0 Å². The first-order chi connectivity index (χ1) is 8.93. The maximum Gasteiger partial charge on any atom is 0.0992 e. The van der Waals surface area contributed by atoms with Crippen molar-refractivity contribution in [3.63, 3.8) is 0 Å². The van der Waals surface area contributed by atoms with E-state index in [4.69, 9.17) is 0 Å². The second-order valence-corrected chi connectivity index (χ2v) is 4.06. The lowest BCUT2D eigenvalue weighted by Gasteiger charge is -2.11. The molecule has 1 aromatic carbocycles. The highest BCUT2D eigenvalue weighted by Crippen LogP contribution is 2.20. The lowest BCUT2D eigenvalue weighted by Crippen LogP contribution is -2.02. The van der Waals surface area contributed by atoms with Gasteiger partial charge in [-0.15, -0.1) is 0 Å². The van der Waals surface area contributed by atoms with Crippen LogP contribution in [0.2, 0.25) is 0 Å². The van der Waals surface area contributed by atoms with Crippen LogP contribution in [0.3, 0.4) is 0 Å². The van der Waals surface area contributed by atoms with Crippen LogP contribution in [0, 0.1) is 0 Å². The quantitative estimate of drug-likeness (QED) is 0.734. The highest BCUT2D eigenvalue weighted by molar-refractivity contribution is 5.61. The van der Waals surface area contributed by atoms with E-state index in [2.05, 4.69) is 33.5 Å². The molecule has 90 valence electrons. The zero-order valence-electron chi connectivity index (χ0n) is 9.88. The Hall–Kier alpha value is -2.49. The first-order valence-corrected chi connectivity index (χ1v) is 5.86. The number of para-hydroxylation sites is 2. The Kier molecular flexibility index (Phi) is 2.84. The number of anilines is 1. The number of aromatic nitrogens is 3. The van der Waals surface area contributed by atoms with Gasteiger partial charge in [0.05, 0.1) is 17.7 Å². The van der Waals surface area contributed by atoms with Crippen LogP contribution in [-0.4, -0.2) is 14.5 Å². The van der Waals surface area contributed by atoms with Gasteiger partial charge in [0.25, 0.3) is 0 Å². The third-order valence-corrected chi connectivity index (χ3v) is 2.83. The van der Waals surface area contributed by atoms with Gasteiger partial charge in [-0.2, -0.15) is 0 Å².